The minimum atomic E-state index is -0.164. The average Bonchev–Trinajstić information content (AvgIpc) is 2.69. The summed E-state index contributed by atoms with van der Waals surface area (Å²) in [7, 11) is 0. The van der Waals surface area contributed by atoms with Crippen LogP contribution in [0.5, 0.6) is 0 Å². The lowest BCUT2D eigenvalue weighted by molar-refractivity contribution is -0.120. The Morgan fingerprint density at radius 2 is 1.89 bits per heavy atom. The number of thioether (sulfide) groups is 1. The third-order valence-electron chi connectivity index (χ3n) is 4.46. The molecule has 1 heterocycles. The number of carbonyl (C=O) groups excluding carboxylic acids is 1. The number of nitrogens with zero attached hydrogens (tertiary/aromatic N) is 1. The predicted octanol–water partition coefficient (Wildman–Crippen LogP) is 3.97. The summed E-state index contributed by atoms with van der Waals surface area (Å²) in [5.41, 5.74) is 2.39. The van der Waals surface area contributed by atoms with Gasteiger partial charge in [0.25, 0.3) is 0 Å². The van der Waals surface area contributed by atoms with Crippen molar-refractivity contribution in [1.82, 2.24) is 10.2 Å². The van der Waals surface area contributed by atoms with Gasteiger partial charge in [-0.2, -0.15) is 0 Å². The maximum atomic E-state index is 12.4. The molecule has 2 aromatic rings. The van der Waals surface area contributed by atoms with Crippen molar-refractivity contribution in [2.24, 2.45) is 0 Å². The highest BCUT2D eigenvalue weighted by atomic mass is 35.5. The fourth-order valence-electron chi connectivity index (χ4n) is 2.96. The normalized spacial score (nSPS) is 16.1. The summed E-state index contributed by atoms with van der Waals surface area (Å²) in [5.74, 6) is 0.0357. The van der Waals surface area contributed by atoms with Crippen LogP contribution in [0.25, 0.3) is 0 Å². The van der Waals surface area contributed by atoms with E-state index in [1.54, 1.807) is 0 Å². The average molecular weight is 405 g/mol. The lowest BCUT2D eigenvalue weighted by atomic mass is 10.1. The Hall–Kier alpha value is -1.53. The SMILES string of the molecule is C[C@@H](Sc1ccc(Cl)cc1)C(=O)NCc1cccc(CN2CCOCC2)c1. The van der Waals surface area contributed by atoms with Gasteiger partial charge in [-0.1, -0.05) is 35.9 Å². The number of hydrogen-bond acceptors (Lipinski definition) is 4. The molecule has 1 N–H and O–H groups in total. The van der Waals surface area contributed by atoms with Gasteiger partial charge in [0.05, 0.1) is 18.5 Å². The first kappa shape index (κ1) is 20.2. The van der Waals surface area contributed by atoms with Gasteiger partial charge in [0, 0.05) is 36.1 Å². The summed E-state index contributed by atoms with van der Waals surface area (Å²) < 4.78 is 5.40. The van der Waals surface area contributed by atoms with E-state index >= 15 is 0 Å². The van der Waals surface area contributed by atoms with Crippen molar-refractivity contribution in [1.29, 1.82) is 0 Å². The molecular formula is C21H25ClN2O2S. The van der Waals surface area contributed by atoms with E-state index in [0.717, 1.165) is 43.3 Å². The second-order valence-electron chi connectivity index (χ2n) is 6.64. The maximum absolute atomic E-state index is 12.4. The molecule has 0 saturated carbocycles. The molecule has 1 atom stereocenters. The van der Waals surface area contributed by atoms with Crippen LogP contribution in [-0.4, -0.2) is 42.4 Å². The van der Waals surface area contributed by atoms with Crippen LogP contribution >= 0.6 is 23.4 Å². The molecule has 4 nitrogen and oxygen atoms in total. The number of benzene rings is 2. The van der Waals surface area contributed by atoms with Crippen LogP contribution < -0.4 is 5.32 Å². The van der Waals surface area contributed by atoms with Crippen LogP contribution in [-0.2, 0) is 22.6 Å². The van der Waals surface area contributed by atoms with Gasteiger partial charge in [-0.15, -0.1) is 11.8 Å². The summed E-state index contributed by atoms with van der Waals surface area (Å²) in [5, 5.41) is 3.58. The predicted molar refractivity (Wildman–Crippen MR) is 111 cm³/mol. The highest BCUT2D eigenvalue weighted by Crippen LogP contribution is 2.24. The summed E-state index contributed by atoms with van der Waals surface area (Å²) in [4.78, 5) is 15.8. The Balaban J connectivity index is 1.49. The number of morpholine rings is 1. The lowest BCUT2D eigenvalue weighted by Crippen LogP contribution is -2.35. The molecule has 0 aliphatic carbocycles. The summed E-state index contributed by atoms with van der Waals surface area (Å²) in [6.07, 6.45) is 0. The molecule has 27 heavy (non-hydrogen) atoms. The zero-order valence-electron chi connectivity index (χ0n) is 15.5. The molecule has 2 aromatic carbocycles. The topological polar surface area (TPSA) is 41.6 Å². The van der Waals surface area contributed by atoms with Crippen LogP contribution in [0.3, 0.4) is 0 Å². The molecule has 3 rings (SSSR count). The van der Waals surface area contributed by atoms with Crippen LogP contribution in [0.15, 0.2) is 53.4 Å². The van der Waals surface area contributed by atoms with Gasteiger partial charge in [-0.05, 0) is 42.3 Å². The van der Waals surface area contributed by atoms with E-state index in [1.807, 2.05) is 31.2 Å². The van der Waals surface area contributed by atoms with Crippen molar-refractivity contribution >= 4 is 29.3 Å². The molecule has 0 spiro atoms. The molecule has 0 bridgehead atoms. The minimum Gasteiger partial charge on any atom is -0.379 e. The second-order valence-corrected chi connectivity index (χ2v) is 8.49. The highest BCUT2D eigenvalue weighted by molar-refractivity contribution is 8.00. The van der Waals surface area contributed by atoms with E-state index in [1.165, 1.54) is 17.3 Å². The molecule has 6 heteroatoms. The number of rotatable bonds is 7. The first-order valence-corrected chi connectivity index (χ1v) is 10.4. The number of halogens is 1. The summed E-state index contributed by atoms with van der Waals surface area (Å²) in [6, 6.07) is 16.0. The number of carbonyl (C=O) groups is 1. The van der Waals surface area contributed by atoms with Gasteiger partial charge >= 0.3 is 0 Å². The second kappa shape index (κ2) is 10.1. The lowest BCUT2D eigenvalue weighted by Gasteiger charge is -2.26. The van der Waals surface area contributed by atoms with Gasteiger partial charge in [0.2, 0.25) is 5.91 Å². The molecule has 1 saturated heterocycles. The maximum Gasteiger partial charge on any atom is 0.233 e. The van der Waals surface area contributed by atoms with E-state index in [4.69, 9.17) is 16.3 Å². The molecule has 1 aliphatic heterocycles. The molecule has 0 radical (unpaired) electrons. The van der Waals surface area contributed by atoms with E-state index < -0.39 is 0 Å². The van der Waals surface area contributed by atoms with Gasteiger partial charge in [-0.25, -0.2) is 0 Å². The van der Waals surface area contributed by atoms with Crippen LogP contribution in [0, 0.1) is 0 Å². The molecule has 1 fully saturated rings. The van der Waals surface area contributed by atoms with Gasteiger partial charge in [0.1, 0.15) is 0 Å². The molecule has 0 aromatic heterocycles. The summed E-state index contributed by atoms with van der Waals surface area (Å²) in [6.45, 7) is 6.94. The zero-order valence-corrected chi connectivity index (χ0v) is 17.1. The van der Waals surface area contributed by atoms with Crippen LogP contribution in [0.2, 0.25) is 5.02 Å². The van der Waals surface area contributed by atoms with Crippen LogP contribution in [0.1, 0.15) is 18.1 Å². The first-order valence-electron chi connectivity index (χ1n) is 9.18. The van der Waals surface area contributed by atoms with E-state index in [2.05, 4.69) is 34.5 Å². The number of ether oxygens (including phenoxy) is 1. The Kier molecular flexibility index (Phi) is 7.59. The smallest absolute Gasteiger partial charge is 0.233 e. The van der Waals surface area contributed by atoms with E-state index in [0.29, 0.717) is 11.6 Å². The van der Waals surface area contributed by atoms with E-state index in [9.17, 15) is 4.79 Å². The van der Waals surface area contributed by atoms with Crippen molar-refractivity contribution in [3.63, 3.8) is 0 Å². The van der Waals surface area contributed by atoms with Crippen molar-refractivity contribution in [3.8, 4) is 0 Å². The Bertz CT molecular complexity index is 748. The zero-order chi connectivity index (χ0) is 19.1. The van der Waals surface area contributed by atoms with Crippen molar-refractivity contribution in [2.75, 3.05) is 26.3 Å². The number of nitrogens with one attached hydrogen (secondary N) is 1. The fraction of sp³-hybridized carbons (Fsp3) is 0.381. The molecule has 144 valence electrons. The van der Waals surface area contributed by atoms with Crippen LogP contribution in [0.4, 0.5) is 0 Å². The Labute approximate surface area is 170 Å². The van der Waals surface area contributed by atoms with E-state index in [-0.39, 0.29) is 11.2 Å². The third kappa shape index (κ3) is 6.54. The van der Waals surface area contributed by atoms with Crippen molar-refractivity contribution in [2.45, 2.75) is 30.2 Å². The first-order chi connectivity index (χ1) is 13.1. The molecular weight excluding hydrogens is 380 g/mol. The quantitative estimate of drug-likeness (QED) is 0.709. The number of amides is 1. The molecule has 1 amide bonds. The standard InChI is InChI=1S/C21H25ClN2O2S/c1-16(27-20-7-5-19(22)6-8-20)21(25)23-14-17-3-2-4-18(13-17)15-24-9-11-26-12-10-24/h2-8,13,16H,9-12,14-15H2,1H3,(H,23,25)/t16-/m1/s1. The van der Waals surface area contributed by atoms with Gasteiger partial charge < -0.3 is 10.1 Å². The largest absolute Gasteiger partial charge is 0.379 e. The molecule has 0 unspecified atom stereocenters. The fourth-order valence-corrected chi connectivity index (χ4v) is 3.98. The number of hydrogen-bond donors (Lipinski definition) is 1. The molecule has 1 aliphatic rings. The third-order valence-corrected chi connectivity index (χ3v) is 5.83. The highest BCUT2D eigenvalue weighted by Gasteiger charge is 2.14. The van der Waals surface area contributed by atoms with Crippen molar-refractivity contribution < 1.29 is 9.53 Å². The monoisotopic (exact) mass is 404 g/mol. The van der Waals surface area contributed by atoms with Crippen molar-refractivity contribution in [3.05, 3.63) is 64.7 Å². The van der Waals surface area contributed by atoms with Gasteiger partial charge in [0.15, 0.2) is 0 Å². The minimum absolute atomic E-state index is 0.0357. The Morgan fingerprint density at radius 1 is 1.19 bits per heavy atom. The Morgan fingerprint density at radius 3 is 2.63 bits per heavy atom. The summed E-state index contributed by atoms with van der Waals surface area (Å²) >= 11 is 7.44. The van der Waals surface area contributed by atoms with Gasteiger partial charge in [-0.3, -0.25) is 9.69 Å².